The van der Waals surface area contributed by atoms with E-state index in [9.17, 15) is 9.18 Å². The van der Waals surface area contributed by atoms with Gasteiger partial charge in [0.05, 0.1) is 12.4 Å². The van der Waals surface area contributed by atoms with Gasteiger partial charge in [-0.15, -0.1) is 0 Å². The van der Waals surface area contributed by atoms with E-state index in [4.69, 9.17) is 0 Å². The summed E-state index contributed by atoms with van der Waals surface area (Å²) in [5.74, 6) is 0.369. The number of halogens is 1. The number of amides is 1. The van der Waals surface area contributed by atoms with Crippen LogP contribution in [0.25, 0.3) is 0 Å². The van der Waals surface area contributed by atoms with Crippen molar-refractivity contribution in [1.82, 2.24) is 15.3 Å². The van der Waals surface area contributed by atoms with Gasteiger partial charge in [-0.05, 0) is 30.7 Å². The smallest absolute Gasteiger partial charge is 0.271 e. The highest BCUT2D eigenvalue weighted by atomic mass is 19.1. The summed E-state index contributed by atoms with van der Waals surface area (Å²) in [5.41, 5.74) is 1.37. The van der Waals surface area contributed by atoms with E-state index in [0.717, 1.165) is 50.5 Å². The molecule has 2 aromatic rings. The van der Waals surface area contributed by atoms with Crippen LogP contribution in [-0.4, -0.2) is 48.6 Å². The van der Waals surface area contributed by atoms with Crippen LogP contribution in [0.5, 0.6) is 0 Å². The number of nitrogens with zero attached hydrogens (tertiary/aromatic N) is 4. The second-order valence-corrected chi connectivity index (χ2v) is 6.32. The van der Waals surface area contributed by atoms with Gasteiger partial charge >= 0.3 is 0 Å². The van der Waals surface area contributed by atoms with E-state index in [2.05, 4.69) is 32.0 Å². The number of anilines is 2. The number of rotatable bonds is 6. The second kappa shape index (κ2) is 8.60. The van der Waals surface area contributed by atoms with Crippen LogP contribution in [0.15, 0.2) is 36.7 Å². The summed E-state index contributed by atoms with van der Waals surface area (Å²) in [4.78, 5) is 25.0. The van der Waals surface area contributed by atoms with Gasteiger partial charge in [-0.2, -0.15) is 0 Å². The van der Waals surface area contributed by atoms with Crippen molar-refractivity contribution < 1.29 is 9.18 Å². The number of nitrogens with one attached hydrogen (secondary N) is 1. The van der Waals surface area contributed by atoms with Gasteiger partial charge in [-0.25, -0.2) is 14.4 Å². The van der Waals surface area contributed by atoms with Crippen LogP contribution in [0, 0.1) is 5.82 Å². The first-order valence-corrected chi connectivity index (χ1v) is 9.03. The van der Waals surface area contributed by atoms with E-state index < -0.39 is 0 Å². The molecule has 0 radical (unpaired) electrons. The number of hydrogen-bond donors (Lipinski definition) is 1. The summed E-state index contributed by atoms with van der Waals surface area (Å²) in [6, 6.07) is 6.57. The molecule has 1 aliphatic heterocycles. The van der Waals surface area contributed by atoms with Gasteiger partial charge in [-0.3, -0.25) is 4.79 Å². The van der Waals surface area contributed by atoms with Crippen molar-refractivity contribution in [3.8, 4) is 0 Å². The van der Waals surface area contributed by atoms with Crippen LogP contribution >= 0.6 is 0 Å². The topological polar surface area (TPSA) is 61.4 Å². The second-order valence-electron chi connectivity index (χ2n) is 6.32. The van der Waals surface area contributed by atoms with Crippen LogP contribution in [0.1, 0.15) is 30.3 Å². The summed E-state index contributed by atoms with van der Waals surface area (Å²) in [7, 11) is 0. The Labute approximate surface area is 153 Å². The van der Waals surface area contributed by atoms with Crippen molar-refractivity contribution in [3.63, 3.8) is 0 Å². The average Bonchev–Trinajstić information content (AvgIpc) is 2.69. The molecule has 1 aliphatic rings. The molecule has 3 rings (SSSR count). The standard InChI is InChI=1S/C19H24FN5O/c1-2-3-8-21-19(26)17-13-23-18(14-22-17)25-11-9-24(10-12-25)16-6-4-15(20)5-7-16/h4-7,13-14H,2-3,8-12H2,1H3,(H,21,26). The Morgan fingerprint density at radius 2 is 1.77 bits per heavy atom. The molecule has 1 aromatic heterocycles. The number of benzene rings is 1. The van der Waals surface area contributed by atoms with Gasteiger partial charge in [0.25, 0.3) is 5.91 Å². The van der Waals surface area contributed by atoms with Crippen LogP contribution in [0.3, 0.4) is 0 Å². The Hall–Kier alpha value is -2.70. The molecule has 0 bridgehead atoms. The zero-order chi connectivity index (χ0) is 18.4. The predicted molar refractivity (Wildman–Crippen MR) is 100 cm³/mol. The normalized spacial score (nSPS) is 14.4. The van der Waals surface area contributed by atoms with Gasteiger partial charge in [0.15, 0.2) is 0 Å². The molecule has 0 saturated carbocycles. The van der Waals surface area contributed by atoms with Crippen molar-refractivity contribution >= 4 is 17.4 Å². The summed E-state index contributed by atoms with van der Waals surface area (Å²) < 4.78 is 13.0. The number of piperazine rings is 1. The third kappa shape index (κ3) is 4.47. The molecule has 0 spiro atoms. The van der Waals surface area contributed by atoms with E-state index in [0.29, 0.717) is 12.2 Å². The molecule has 26 heavy (non-hydrogen) atoms. The molecule has 0 aliphatic carbocycles. The van der Waals surface area contributed by atoms with Gasteiger partial charge in [0.2, 0.25) is 0 Å². The van der Waals surface area contributed by atoms with Gasteiger partial charge in [0.1, 0.15) is 17.3 Å². The van der Waals surface area contributed by atoms with Crippen molar-refractivity contribution in [2.75, 3.05) is 42.5 Å². The zero-order valence-electron chi connectivity index (χ0n) is 15.0. The molecule has 6 nitrogen and oxygen atoms in total. The highest BCUT2D eigenvalue weighted by Crippen LogP contribution is 2.19. The number of aromatic nitrogens is 2. The first kappa shape index (κ1) is 18.1. The maximum atomic E-state index is 13.0. The number of carbonyl (C=O) groups excluding carboxylic acids is 1. The number of carbonyl (C=O) groups is 1. The summed E-state index contributed by atoms with van der Waals surface area (Å²) in [6.07, 6.45) is 5.18. The molecule has 1 saturated heterocycles. The zero-order valence-corrected chi connectivity index (χ0v) is 15.0. The predicted octanol–water partition coefficient (Wildman–Crippen LogP) is 2.47. The SMILES string of the molecule is CCCCNC(=O)c1cnc(N2CCN(c3ccc(F)cc3)CC2)cn1. The summed E-state index contributed by atoms with van der Waals surface area (Å²) in [6.45, 7) is 5.99. The highest BCUT2D eigenvalue weighted by Gasteiger charge is 2.19. The minimum atomic E-state index is -0.221. The van der Waals surface area contributed by atoms with Crippen molar-refractivity contribution in [2.24, 2.45) is 0 Å². The maximum Gasteiger partial charge on any atom is 0.271 e. The Balaban J connectivity index is 1.54. The van der Waals surface area contributed by atoms with Gasteiger partial charge in [-0.1, -0.05) is 13.3 Å². The average molecular weight is 357 g/mol. The Morgan fingerprint density at radius 3 is 2.38 bits per heavy atom. The molecule has 1 N–H and O–H groups in total. The fourth-order valence-corrected chi connectivity index (χ4v) is 2.92. The van der Waals surface area contributed by atoms with Gasteiger partial charge in [0, 0.05) is 38.4 Å². The molecule has 1 amide bonds. The maximum absolute atomic E-state index is 13.0. The first-order valence-electron chi connectivity index (χ1n) is 9.03. The van der Waals surface area contributed by atoms with Gasteiger partial charge < -0.3 is 15.1 Å². The van der Waals surface area contributed by atoms with Crippen molar-refractivity contribution in [2.45, 2.75) is 19.8 Å². The molecule has 0 atom stereocenters. The lowest BCUT2D eigenvalue weighted by molar-refractivity contribution is 0.0948. The number of unbranched alkanes of at least 4 members (excludes halogenated alkanes) is 1. The minimum absolute atomic E-state index is 0.182. The summed E-state index contributed by atoms with van der Waals surface area (Å²) in [5, 5.41) is 2.84. The third-order valence-electron chi connectivity index (χ3n) is 4.48. The van der Waals surface area contributed by atoms with Crippen LogP contribution in [-0.2, 0) is 0 Å². The largest absolute Gasteiger partial charge is 0.368 e. The van der Waals surface area contributed by atoms with E-state index in [1.165, 1.54) is 18.3 Å². The molecular weight excluding hydrogens is 333 g/mol. The quantitative estimate of drug-likeness (QED) is 0.805. The minimum Gasteiger partial charge on any atom is -0.368 e. The fraction of sp³-hybridized carbons (Fsp3) is 0.421. The Kier molecular flexibility index (Phi) is 5.99. The monoisotopic (exact) mass is 357 g/mol. The molecule has 7 heteroatoms. The molecule has 1 aromatic carbocycles. The lowest BCUT2D eigenvalue weighted by atomic mass is 10.2. The summed E-state index contributed by atoms with van der Waals surface area (Å²) >= 11 is 0. The van der Waals surface area contributed by atoms with Crippen LogP contribution < -0.4 is 15.1 Å². The first-order chi connectivity index (χ1) is 12.7. The molecular formula is C19H24FN5O. The molecule has 1 fully saturated rings. The molecule has 0 unspecified atom stereocenters. The highest BCUT2D eigenvalue weighted by molar-refractivity contribution is 5.91. The van der Waals surface area contributed by atoms with Crippen molar-refractivity contribution in [1.29, 1.82) is 0 Å². The van der Waals surface area contributed by atoms with E-state index in [1.807, 2.05) is 0 Å². The number of hydrogen-bond acceptors (Lipinski definition) is 5. The lowest BCUT2D eigenvalue weighted by Gasteiger charge is -2.36. The van der Waals surface area contributed by atoms with Crippen molar-refractivity contribution in [3.05, 3.63) is 48.2 Å². The molecule has 2 heterocycles. The third-order valence-corrected chi connectivity index (χ3v) is 4.48. The van der Waals surface area contributed by atoms with Crippen LogP contribution in [0.2, 0.25) is 0 Å². The fourth-order valence-electron chi connectivity index (χ4n) is 2.92. The van der Waals surface area contributed by atoms with E-state index in [1.54, 1.807) is 18.3 Å². The Morgan fingerprint density at radius 1 is 1.08 bits per heavy atom. The van der Waals surface area contributed by atoms with E-state index in [-0.39, 0.29) is 11.7 Å². The van der Waals surface area contributed by atoms with E-state index >= 15 is 0 Å². The lowest BCUT2D eigenvalue weighted by Crippen LogP contribution is -2.46. The van der Waals surface area contributed by atoms with Crippen LogP contribution in [0.4, 0.5) is 15.9 Å². The molecule has 138 valence electrons. The Bertz CT molecular complexity index is 712.